The van der Waals surface area contributed by atoms with E-state index in [4.69, 9.17) is 11.5 Å². The first-order valence-corrected chi connectivity index (χ1v) is 7.73. The van der Waals surface area contributed by atoms with Crippen LogP contribution in [-0.2, 0) is 0 Å². The summed E-state index contributed by atoms with van der Waals surface area (Å²) in [4.78, 5) is 0. The molecule has 2 heteroatoms. The van der Waals surface area contributed by atoms with Gasteiger partial charge < -0.3 is 11.5 Å². The van der Waals surface area contributed by atoms with Crippen LogP contribution in [0.4, 0.5) is 11.4 Å². The summed E-state index contributed by atoms with van der Waals surface area (Å²) < 4.78 is 0. The van der Waals surface area contributed by atoms with Crippen LogP contribution in [0.25, 0.3) is 0 Å². The Labute approximate surface area is 135 Å². The lowest BCUT2D eigenvalue weighted by atomic mass is 9.99. The quantitative estimate of drug-likeness (QED) is 0.672. The number of hydrogen-bond donors (Lipinski definition) is 2. The van der Waals surface area contributed by atoms with Gasteiger partial charge in [0.15, 0.2) is 0 Å². The molecule has 0 heterocycles. The minimum atomic E-state index is 0.938. The van der Waals surface area contributed by atoms with Gasteiger partial charge in [0, 0.05) is 11.4 Å². The molecule has 2 nitrogen and oxygen atoms in total. The fourth-order valence-electron chi connectivity index (χ4n) is 2.55. The van der Waals surface area contributed by atoms with E-state index in [0.717, 1.165) is 11.4 Å². The maximum absolute atomic E-state index is 5.88. The molecule has 0 aliphatic carbocycles. The van der Waals surface area contributed by atoms with Gasteiger partial charge in [-0.25, -0.2) is 0 Å². The van der Waals surface area contributed by atoms with E-state index < -0.39 is 0 Å². The standard InChI is InChI=1S/2C10H15N/c1-6-5-7(2)10(11)9(4)8(6)3;1-6-5-7(2)9(4)10(11)8(6)3/h2*5H,11H2,1-4H3. The molecule has 2 aromatic carbocycles. The van der Waals surface area contributed by atoms with Gasteiger partial charge in [0.2, 0.25) is 0 Å². The summed E-state index contributed by atoms with van der Waals surface area (Å²) >= 11 is 0. The van der Waals surface area contributed by atoms with Crippen molar-refractivity contribution in [3.8, 4) is 0 Å². The zero-order valence-electron chi connectivity index (χ0n) is 15.3. The summed E-state index contributed by atoms with van der Waals surface area (Å²) in [7, 11) is 0. The molecule has 0 amide bonds. The Morgan fingerprint density at radius 2 is 0.818 bits per heavy atom. The first-order valence-electron chi connectivity index (χ1n) is 7.73. The second kappa shape index (κ2) is 6.87. The summed E-state index contributed by atoms with van der Waals surface area (Å²) in [5, 5.41) is 0. The highest BCUT2D eigenvalue weighted by Crippen LogP contribution is 2.23. The van der Waals surface area contributed by atoms with Crippen LogP contribution in [0.1, 0.15) is 44.5 Å². The molecule has 0 aliphatic heterocycles. The lowest BCUT2D eigenvalue weighted by Gasteiger charge is -2.10. The minimum absolute atomic E-state index is 0.938. The van der Waals surface area contributed by atoms with Crippen molar-refractivity contribution >= 4 is 11.4 Å². The van der Waals surface area contributed by atoms with E-state index in [1.54, 1.807) is 0 Å². The van der Waals surface area contributed by atoms with Crippen molar-refractivity contribution in [1.29, 1.82) is 0 Å². The van der Waals surface area contributed by atoms with Crippen molar-refractivity contribution in [2.45, 2.75) is 55.4 Å². The van der Waals surface area contributed by atoms with Gasteiger partial charge in [-0.15, -0.1) is 0 Å². The van der Waals surface area contributed by atoms with Crippen LogP contribution in [0, 0.1) is 55.4 Å². The van der Waals surface area contributed by atoms with E-state index in [2.05, 4.69) is 67.5 Å². The van der Waals surface area contributed by atoms with Crippen molar-refractivity contribution in [2.24, 2.45) is 0 Å². The number of anilines is 2. The molecular formula is C20H30N2. The highest BCUT2D eigenvalue weighted by molar-refractivity contribution is 5.59. The maximum atomic E-state index is 5.88. The number of hydrogen-bond acceptors (Lipinski definition) is 2. The second-order valence-corrected chi connectivity index (χ2v) is 6.35. The summed E-state index contributed by atoms with van der Waals surface area (Å²) in [6.45, 7) is 16.7. The van der Waals surface area contributed by atoms with Gasteiger partial charge in [-0.2, -0.15) is 0 Å². The fraction of sp³-hybridized carbons (Fsp3) is 0.400. The lowest BCUT2D eigenvalue weighted by Crippen LogP contribution is -1.98. The summed E-state index contributed by atoms with van der Waals surface area (Å²) in [6.07, 6.45) is 0. The molecule has 2 rings (SSSR count). The van der Waals surface area contributed by atoms with E-state index in [0.29, 0.717) is 0 Å². The first kappa shape index (κ1) is 18.1. The number of nitrogens with two attached hydrogens (primary N) is 2. The van der Waals surface area contributed by atoms with Gasteiger partial charge in [0.1, 0.15) is 0 Å². The second-order valence-electron chi connectivity index (χ2n) is 6.35. The largest absolute Gasteiger partial charge is 0.398 e. The highest BCUT2D eigenvalue weighted by Gasteiger charge is 2.04. The Kier molecular flexibility index (Phi) is 5.65. The Balaban J connectivity index is 0.000000220. The molecule has 0 aliphatic rings. The molecule has 0 saturated heterocycles. The molecule has 4 N–H and O–H groups in total. The average molecular weight is 298 g/mol. The zero-order valence-corrected chi connectivity index (χ0v) is 15.3. The van der Waals surface area contributed by atoms with Gasteiger partial charge in [-0.3, -0.25) is 0 Å². The van der Waals surface area contributed by atoms with Crippen molar-refractivity contribution < 1.29 is 0 Å². The highest BCUT2D eigenvalue weighted by atomic mass is 14.6. The number of aryl methyl sites for hydroxylation is 4. The third kappa shape index (κ3) is 3.62. The van der Waals surface area contributed by atoms with Crippen molar-refractivity contribution in [3.05, 3.63) is 56.6 Å². The Hall–Kier alpha value is -1.96. The molecule has 0 atom stereocenters. The summed E-state index contributed by atoms with van der Waals surface area (Å²) in [5.41, 5.74) is 23.7. The van der Waals surface area contributed by atoms with Crippen LogP contribution >= 0.6 is 0 Å². The zero-order chi connectivity index (χ0) is 17.2. The third-order valence-electron chi connectivity index (χ3n) is 4.84. The van der Waals surface area contributed by atoms with Crippen LogP contribution in [-0.4, -0.2) is 0 Å². The lowest BCUT2D eigenvalue weighted by molar-refractivity contribution is 1.24. The molecule has 0 aromatic heterocycles. The van der Waals surface area contributed by atoms with E-state index in [1.807, 2.05) is 0 Å². The van der Waals surface area contributed by atoms with Crippen LogP contribution in [0.3, 0.4) is 0 Å². The van der Waals surface area contributed by atoms with Crippen molar-refractivity contribution in [2.75, 3.05) is 11.5 Å². The predicted molar refractivity (Wildman–Crippen MR) is 99.6 cm³/mol. The van der Waals surface area contributed by atoms with E-state index in [-0.39, 0.29) is 0 Å². The fourth-order valence-corrected chi connectivity index (χ4v) is 2.55. The SMILES string of the molecule is Cc1cc(C)c(C)c(N)c1C.Cc1cc(C)c(N)c(C)c1C. The summed E-state index contributed by atoms with van der Waals surface area (Å²) in [6, 6.07) is 4.32. The Bertz CT molecular complexity index is 584. The Morgan fingerprint density at radius 1 is 0.455 bits per heavy atom. The van der Waals surface area contributed by atoms with Gasteiger partial charge in [0.05, 0.1) is 0 Å². The molecular weight excluding hydrogens is 268 g/mol. The average Bonchev–Trinajstić information content (AvgIpc) is 2.47. The number of rotatable bonds is 0. The van der Waals surface area contributed by atoms with Gasteiger partial charge in [0.25, 0.3) is 0 Å². The predicted octanol–water partition coefficient (Wildman–Crippen LogP) is 5.00. The van der Waals surface area contributed by atoms with E-state index in [1.165, 1.54) is 44.5 Å². The molecule has 2 aromatic rings. The molecule has 0 spiro atoms. The van der Waals surface area contributed by atoms with Crippen LogP contribution in [0.5, 0.6) is 0 Å². The van der Waals surface area contributed by atoms with Gasteiger partial charge in [-0.1, -0.05) is 12.1 Å². The van der Waals surface area contributed by atoms with E-state index >= 15 is 0 Å². The maximum Gasteiger partial charge on any atom is 0.0378 e. The van der Waals surface area contributed by atoms with Crippen LogP contribution in [0.2, 0.25) is 0 Å². The Morgan fingerprint density at radius 3 is 1.27 bits per heavy atom. The number of nitrogen functional groups attached to an aromatic ring is 2. The topological polar surface area (TPSA) is 52.0 Å². The number of benzene rings is 2. The molecule has 0 bridgehead atoms. The minimum Gasteiger partial charge on any atom is -0.398 e. The summed E-state index contributed by atoms with van der Waals surface area (Å²) in [5.74, 6) is 0. The molecule has 0 unspecified atom stereocenters. The van der Waals surface area contributed by atoms with Crippen molar-refractivity contribution in [3.63, 3.8) is 0 Å². The molecule has 22 heavy (non-hydrogen) atoms. The molecule has 120 valence electrons. The van der Waals surface area contributed by atoms with Crippen LogP contribution < -0.4 is 11.5 Å². The van der Waals surface area contributed by atoms with Gasteiger partial charge in [-0.05, 0) is 99.9 Å². The monoisotopic (exact) mass is 298 g/mol. The molecule has 0 saturated carbocycles. The van der Waals surface area contributed by atoms with Crippen molar-refractivity contribution in [1.82, 2.24) is 0 Å². The first-order chi connectivity index (χ1) is 10.1. The van der Waals surface area contributed by atoms with E-state index in [9.17, 15) is 0 Å². The smallest absolute Gasteiger partial charge is 0.0378 e. The molecule has 0 fully saturated rings. The van der Waals surface area contributed by atoms with Crippen LogP contribution in [0.15, 0.2) is 12.1 Å². The third-order valence-corrected chi connectivity index (χ3v) is 4.84. The van der Waals surface area contributed by atoms with Gasteiger partial charge >= 0.3 is 0 Å². The molecule has 0 radical (unpaired) electrons. The normalized spacial score (nSPS) is 10.2.